The van der Waals surface area contributed by atoms with E-state index in [4.69, 9.17) is 10.5 Å². The van der Waals surface area contributed by atoms with E-state index in [0.29, 0.717) is 4.90 Å². The van der Waals surface area contributed by atoms with Gasteiger partial charge in [-0.15, -0.1) is 0 Å². The van der Waals surface area contributed by atoms with Crippen LogP contribution in [0.2, 0.25) is 0 Å². The molecule has 0 aromatic rings. The van der Waals surface area contributed by atoms with Crippen molar-refractivity contribution in [1.29, 1.82) is 0 Å². The number of carbonyl (C=O) groups excluding carboxylic acids is 3. The van der Waals surface area contributed by atoms with Crippen molar-refractivity contribution in [2.45, 2.75) is 62.9 Å². The Morgan fingerprint density at radius 1 is 1.24 bits per heavy atom. The molecule has 0 spiro atoms. The SMILES string of the molecule is CC(=O)N1C2N([C@@H]3O[C@H](CO)C(O)C3O)C=NC2(C(C)=O)C(N)=NC1(F)C(C)=O. The predicted octanol–water partition coefficient (Wildman–Crippen LogP) is -3.15. The number of carbonyl (C=O) groups is 3. The number of ketones is 2. The van der Waals surface area contributed by atoms with E-state index in [1.54, 1.807) is 0 Å². The molecular weight excluding hydrogens is 393 g/mol. The molecule has 0 aromatic heterocycles. The van der Waals surface area contributed by atoms with E-state index in [1.165, 1.54) is 0 Å². The van der Waals surface area contributed by atoms with Gasteiger partial charge in [0.25, 0.3) is 0 Å². The highest BCUT2D eigenvalue weighted by atomic mass is 19.2. The number of fused-ring (bicyclic) bond motifs is 1. The van der Waals surface area contributed by atoms with Crippen LogP contribution < -0.4 is 5.73 Å². The first-order valence-electron chi connectivity index (χ1n) is 8.75. The molecule has 1 amide bonds. The monoisotopic (exact) mass is 415 g/mol. The number of aliphatic hydroxyl groups excluding tert-OH is 3. The maximum Gasteiger partial charge on any atom is 0.342 e. The maximum atomic E-state index is 15.6. The Morgan fingerprint density at radius 2 is 1.86 bits per heavy atom. The van der Waals surface area contributed by atoms with Crippen LogP contribution in [0.3, 0.4) is 0 Å². The summed E-state index contributed by atoms with van der Waals surface area (Å²) in [4.78, 5) is 46.0. The predicted molar refractivity (Wildman–Crippen MR) is 94.0 cm³/mol. The summed E-state index contributed by atoms with van der Waals surface area (Å²) in [6, 6.07) is 0. The van der Waals surface area contributed by atoms with E-state index in [-0.39, 0.29) is 0 Å². The number of alkyl halides is 1. The van der Waals surface area contributed by atoms with Crippen molar-refractivity contribution in [2.24, 2.45) is 15.7 Å². The molecule has 3 rings (SSSR count). The van der Waals surface area contributed by atoms with Crippen LogP contribution in [0.15, 0.2) is 9.98 Å². The molecule has 3 heterocycles. The molecule has 160 valence electrons. The van der Waals surface area contributed by atoms with E-state index in [9.17, 15) is 29.7 Å². The second kappa shape index (κ2) is 6.79. The van der Waals surface area contributed by atoms with Gasteiger partial charge in [0.2, 0.25) is 17.2 Å². The number of hydrogen-bond acceptors (Lipinski definition) is 11. The van der Waals surface area contributed by atoms with Crippen molar-refractivity contribution >= 4 is 29.6 Å². The number of rotatable bonds is 4. The second-order valence-electron chi connectivity index (χ2n) is 7.15. The number of nitrogens with two attached hydrogens (primary N) is 1. The van der Waals surface area contributed by atoms with Gasteiger partial charge in [0, 0.05) is 13.8 Å². The van der Waals surface area contributed by atoms with Crippen molar-refractivity contribution in [3.8, 4) is 0 Å². The molecule has 0 aromatic carbocycles. The smallest absolute Gasteiger partial charge is 0.342 e. The minimum Gasteiger partial charge on any atom is -0.394 e. The Kier molecular flexibility index (Phi) is 4.98. The highest BCUT2D eigenvalue weighted by Gasteiger charge is 2.67. The molecule has 1 saturated heterocycles. The fraction of sp³-hybridized carbons (Fsp3) is 0.688. The number of halogens is 1. The van der Waals surface area contributed by atoms with Gasteiger partial charge in [-0.25, -0.2) is 9.98 Å². The fourth-order valence-electron chi connectivity index (χ4n) is 3.90. The minimum atomic E-state index is -3.22. The van der Waals surface area contributed by atoms with Crippen LogP contribution in [-0.2, 0) is 19.1 Å². The summed E-state index contributed by atoms with van der Waals surface area (Å²) in [7, 11) is 0. The van der Waals surface area contributed by atoms with Crippen LogP contribution in [0.5, 0.6) is 0 Å². The first-order valence-corrected chi connectivity index (χ1v) is 8.75. The van der Waals surface area contributed by atoms with Gasteiger partial charge in [0.15, 0.2) is 18.2 Å². The van der Waals surface area contributed by atoms with Crippen LogP contribution in [0, 0.1) is 0 Å². The van der Waals surface area contributed by atoms with Gasteiger partial charge in [0.05, 0.1) is 12.9 Å². The Bertz CT molecular complexity index is 821. The van der Waals surface area contributed by atoms with E-state index < -0.39 is 72.1 Å². The third-order valence-electron chi connectivity index (χ3n) is 5.41. The van der Waals surface area contributed by atoms with Gasteiger partial charge < -0.3 is 30.7 Å². The Labute approximate surface area is 164 Å². The third-order valence-corrected chi connectivity index (χ3v) is 5.41. The molecule has 12 nitrogen and oxygen atoms in total. The number of ether oxygens (including phenoxy) is 1. The molecule has 29 heavy (non-hydrogen) atoms. The zero-order chi connectivity index (χ0) is 21.9. The number of amides is 1. The number of aliphatic hydroxyl groups is 3. The number of Topliss-reactive ketones (excluding diaryl/α,β-unsaturated/α-hetero) is 2. The van der Waals surface area contributed by atoms with Gasteiger partial charge in [-0.1, -0.05) is 0 Å². The van der Waals surface area contributed by atoms with Gasteiger partial charge >= 0.3 is 5.92 Å². The molecule has 7 atom stereocenters. The molecule has 5 N–H and O–H groups in total. The average Bonchev–Trinajstić information content (AvgIpc) is 3.14. The molecule has 13 heteroatoms. The molecule has 3 aliphatic rings. The molecular formula is C16H22FN5O7. The lowest BCUT2D eigenvalue weighted by atomic mass is 9.86. The van der Waals surface area contributed by atoms with E-state index in [2.05, 4.69) is 9.98 Å². The molecule has 3 aliphatic heterocycles. The lowest BCUT2D eigenvalue weighted by Gasteiger charge is -2.50. The number of nitrogens with zero attached hydrogens (tertiary/aromatic N) is 4. The van der Waals surface area contributed by atoms with Crippen LogP contribution >= 0.6 is 0 Å². The number of hydrogen-bond donors (Lipinski definition) is 4. The van der Waals surface area contributed by atoms with Crippen molar-refractivity contribution in [2.75, 3.05) is 6.61 Å². The number of amidine groups is 1. The van der Waals surface area contributed by atoms with E-state index in [0.717, 1.165) is 32.0 Å². The summed E-state index contributed by atoms with van der Waals surface area (Å²) in [5.41, 5.74) is 3.82. The first kappa shape index (κ1) is 21.2. The Morgan fingerprint density at radius 3 is 2.31 bits per heavy atom. The Balaban J connectivity index is 2.19. The minimum absolute atomic E-state index is 0.412. The zero-order valence-electron chi connectivity index (χ0n) is 15.9. The van der Waals surface area contributed by atoms with Crippen LogP contribution in [0.25, 0.3) is 0 Å². The molecule has 1 fully saturated rings. The largest absolute Gasteiger partial charge is 0.394 e. The lowest BCUT2D eigenvalue weighted by molar-refractivity contribution is -0.182. The van der Waals surface area contributed by atoms with Crippen molar-refractivity contribution in [3.05, 3.63) is 0 Å². The maximum absolute atomic E-state index is 15.6. The van der Waals surface area contributed by atoms with Crippen molar-refractivity contribution in [3.63, 3.8) is 0 Å². The van der Waals surface area contributed by atoms with E-state index in [1.807, 2.05) is 0 Å². The topological polar surface area (TPSA) is 178 Å². The third kappa shape index (κ3) is 2.68. The van der Waals surface area contributed by atoms with Crippen LogP contribution in [0.4, 0.5) is 4.39 Å². The highest BCUT2D eigenvalue weighted by Crippen LogP contribution is 2.42. The van der Waals surface area contributed by atoms with Gasteiger partial charge in [-0.2, -0.15) is 4.39 Å². The summed E-state index contributed by atoms with van der Waals surface area (Å²) >= 11 is 0. The molecule has 0 aliphatic carbocycles. The Hall–Kier alpha value is -2.48. The summed E-state index contributed by atoms with van der Waals surface area (Å²) in [5.74, 6) is -6.68. The van der Waals surface area contributed by atoms with Gasteiger partial charge in [0.1, 0.15) is 24.1 Å². The highest BCUT2D eigenvalue weighted by molar-refractivity contribution is 6.16. The standard InChI is InChI=1S/C16H22FN5O7/c1-6(24)15-13(18)20-16(17,7(2)25)22(8(3)26)14(15)21(5-19-15)12-11(28)10(27)9(4-23)29-12/h5,9-12,14,23,27-28H,4H2,1-3H3,(H2,18,20)/t9-,10?,11?,12-,14?,15?,16?/m1/s1. The molecule has 5 unspecified atom stereocenters. The van der Waals surface area contributed by atoms with Crippen LogP contribution in [-0.4, -0.2) is 104 Å². The zero-order valence-corrected chi connectivity index (χ0v) is 15.9. The van der Waals surface area contributed by atoms with Crippen molar-refractivity contribution < 1.29 is 38.8 Å². The lowest BCUT2D eigenvalue weighted by Crippen LogP contribution is -2.75. The molecule has 0 bridgehead atoms. The summed E-state index contributed by atoms with van der Waals surface area (Å²) in [6.45, 7) is 2.29. The second-order valence-corrected chi connectivity index (χ2v) is 7.15. The van der Waals surface area contributed by atoms with Crippen molar-refractivity contribution in [1.82, 2.24) is 9.80 Å². The summed E-state index contributed by atoms with van der Waals surface area (Å²) in [5, 5.41) is 29.7. The average molecular weight is 415 g/mol. The molecule has 0 radical (unpaired) electrons. The summed E-state index contributed by atoms with van der Waals surface area (Å²) < 4.78 is 21.0. The van der Waals surface area contributed by atoms with Crippen LogP contribution in [0.1, 0.15) is 20.8 Å². The quantitative estimate of drug-likeness (QED) is 0.345. The van der Waals surface area contributed by atoms with E-state index >= 15 is 4.39 Å². The molecule has 0 saturated carbocycles. The number of aliphatic imine (C=N–C) groups is 2. The normalized spacial score (nSPS) is 41.3. The fourth-order valence-corrected chi connectivity index (χ4v) is 3.90. The van der Waals surface area contributed by atoms with Gasteiger partial charge in [-0.3, -0.25) is 19.3 Å². The first-order chi connectivity index (χ1) is 13.4. The summed E-state index contributed by atoms with van der Waals surface area (Å²) in [6.07, 6.45) is -6.36. The van der Waals surface area contributed by atoms with Gasteiger partial charge in [-0.05, 0) is 6.92 Å².